The molecule has 1 heterocycles. The summed E-state index contributed by atoms with van der Waals surface area (Å²) in [6.07, 6.45) is 9.16. The molecule has 2 nitrogen and oxygen atoms in total. The number of aliphatic hydroxyl groups excluding tert-OH is 1. The second-order valence-electron chi connectivity index (χ2n) is 9.11. The predicted octanol–water partition coefficient (Wildman–Crippen LogP) is 5.89. The van der Waals surface area contributed by atoms with Crippen LogP contribution >= 0.6 is 0 Å². The van der Waals surface area contributed by atoms with Gasteiger partial charge in [0.25, 0.3) is 0 Å². The van der Waals surface area contributed by atoms with Crippen LogP contribution in [0.25, 0.3) is 6.08 Å². The van der Waals surface area contributed by atoms with Gasteiger partial charge in [0.2, 0.25) is 0 Å². The van der Waals surface area contributed by atoms with Crippen LogP contribution in [0.2, 0.25) is 0 Å². The van der Waals surface area contributed by atoms with E-state index < -0.39 is 0 Å². The number of hydrogen-bond acceptors (Lipinski definition) is 1. The van der Waals surface area contributed by atoms with Crippen molar-refractivity contribution in [3.63, 3.8) is 0 Å². The van der Waals surface area contributed by atoms with Crippen LogP contribution < -0.4 is 0 Å². The van der Waals surface area contributed by atoms with Crippen LogP contribution in [0.4, 0.5) is 0 Å². The highest BCUT2D eigenvalue weighted by atomic mass is 16.3. The van der Waals surface area contributed by atoms with Crippen LogP contribution in [-0.4, -0.2) is 41.9 Å². The van der Waals surface area contributed by atoms with Crippen molar-refractivity contribution in [2.24, 2.45) is 5.92 Å². The van der Waals surface area contributed by atoms with Crippen molar-refractivity contribution in [2.75, 3.05) is 26.2 Å². The minimum atomic E-state index is -0.285. The zero-order valence-corrected chi connectivity index (χ0v) is 18.2. The topological polar surface area (TPSA) is 20.2 Å². The molecule has 2 atom stereocenters. The van der Waals surface area contributed by atoms with Crippen molar-refractivity contribution in [1.82, 2.24) is 0 Å². The quantitative estimate of drug-likeness (QED) is 0.527. The first kappa shape index (κ1) is 21.8. The number of piperidine rings is 1. The fraction of sp³-hybridized carbons (Fsp3) is 0.481. The lowest BCUT2D eigenvalue weighted by Gasteiger charge is -2.42. The average molecular weight is 393 g/mol. The molecular formula is C27H38NO+. The van der Waals surface area contributed by atoms with Crippen LogP contribution in [-0.2, 0) is 0 Å². The van der Waals surface area contributed by atoms with E-state index >= 15 is 0 Å². The molecule has 1 aliphatic heterocycles. The molecule has 156 valence electrons. The second-order valence-corrected chi connectivity index (χ2v) is 9.11. The summed E-state index contributed by atoms with van der Waals surface area (Å²) in [7, 11) is 0. The fourth-order valence-corrected chi connectivity index (χ4v) is 4.97. The summed E-state index contributed by atoms with van der Waals surface area (Å²) in [5.74, 6) is 0.640. The van der Waals surface area contributed by atoms with Gasteiger partial charge in [-0.2, -0.15) is 0 Å². The number of hydrogen-bond donors (Lipinski definition) is 1. The Morgan fingerprint density at radius 2 is 1.52 bits per heavy atom. The molecule has 2 heteroatoms. The van der Waals surface area contributed by atoms with E-state index in [0.29, 0.717) is 5.92 Å². The number of nitrogens with zero attached hydrogens (tertiary/aromatic N) is 1. The van der Waals surface area contributed by atoms with Crippen LogP contribution in [0.3, 0.4) is 0 Å². The summed E-state index contributed by atoms with van der Waals surface area (Å²) in [5, 5.41) is 11.2. The first-order valence-corrected chi connectivity index (χ1v) is 11.4. The molecule has 1 aliphatic rings. The number of quaternary nitrogens is 1. The molecule has 0 amide bonds. The number of aliphatic hydroxyl groups is 1. The first-order chi connectivity index (χ1) is 14.1. The normalized spacial score (nSPS) is 18.8. The molecular weight excluding hydrogens is 354 g/mol. The van der Waals surface area contributed by atoms with E-state index in [4.69, 9.17) is 0 Å². The van der Waals surface area contributed by atoms with Crippen LogP contribution in [0.5, 0.6) is 0 Å². The molecule has 3 rings (SSSR count). The van der Waals surface area contributed by atoms with Gasteiger partial charge in [0, 0.05) is 12.3 Å². The fourth-order valence-electron chi connectivity index (χ4n) is 4.97. The lowest BCUT2D eigenvalue weighted by Crippen LogP contribution is -2.53. The molecule has 0 bridgehead atoms. The Morgan fingerprint density at radius 1 is 0.897 bits per heavy atom. The minimum absolute atomic E-state index is 0.209. The van der Waals surface area contributed by atoms with Gasteiger partial charge in [0.05, 0.1) is 32.3 Å². The Morgan fingerprint density at radius 3 is 2.14 bits per heavy atom. The molecule has 0 saturated carbocycles. The SMILES string of the molecule is CC(C)C(c1ccccc1)C(O)CC[N+]1(CC=Cc2ccccc2)CCCCC1. The molecule has 0 radical (unpaired) electrons. The third kappa shape index (κ3) is 6.29. The Kier molecular flexibility index (Phi) is 8.09. The molecule has 0 spiro atoms. The van der Waals surface area contributed by atoms with Gasteiger partial charge in [-0.3, -0.25) is 0 Å². The molecule has 2 unspecified atom stereocenters. The molecule has 0 aliphatic carbocycles. The van der Waals surface area contributed by atoms with Crippen molar-refractivity contribution < 1.29 is 9.59 Å². The van der Waals surface area contributed by atoms with E-state index in [-0.39, 0.29) is 12.0 Å². The Hall–Kier alpha value is -1.90. The molecule has 1 N–H and O–H groups in total. The Bertz CT molecular complexity index is 732. The van der Waals surface area contributed by atoms with Gasteiger partial charge in [0.1, 0.15) is 0 Å². The van der Waals surface area contributed by atoms with Gasteiger partial charge in [-0.05, 0) is 42.4 Å². The summed E-state index contributed by atoms with van der Waals surface area (Å²) >= 11 is 0. The number of rotatable bonds is 9. The summed E-state index contributed by atoms with van der Waals surface area (Å²) in [6, 6.07) is 21.1. The van der Waals surface area contributed by atoms with Crippen molar-refractivity contribution in [3.8, 4) is 0 Å². The standard InChI is InChI=1S/C27H38NO/c1-23(2)27(25-16-8-4-9-17-25)26(29)18-22-28(19-10-5-11-20-28)21-12-15-24-13-6-3-7-14-24/h3-4,6-9,12-17,23,26-27,29H,5,10-11,18-22H2,1-2H3/q+1. The zero-order valence-electron chi connectivity index (χ0n) is 18.2. The van der Waals surface area contributed by atoms with Crippen molar-refractivity contribution in [3.05, 3.63) is 77.9 Å². The highest BCUT2D eigenvalue weighted by Gasteiger charge is 2.32. The van der Waals surface area contributed by atoms with Gasteiger partial charge in [-0.25, -0.2) is 0 Å². The van der Waals surface area contributed by atoms with Gasteiger partial charge >= 0.3 is 0 Å². The van der Waals surface area contributed by atoms with Crippen molar-refractivity contribution in [2.45, 2.75) is 51.6 Å². The summed E-state index contributed by atoms with van der Waals surface area (Å²) in [5.41, 5.74) is 2.54. The van der Waals surface area contributed by atoms with Gasteiger partial charge in [0.15, 0.2) is 0 Å². The molecule has 2 aromatic rings. The third-order valence-electron chi connectivity index (χ3n) is 6.58. The Balaban J connectivity index is 1.65. The second kappa shape index (κ2) is 10.8. The van der Waals surface area contributed by atoms with Crippen LogP contribution in [0, 0.1) is 5.92 Å². The maximum absolute atomic E-state index is 11.2. The Labute approximate surface area is 177 Å². The largest absolute Gasteiger partial charge is 0.392 e. The first-order valence-electron chi connectivity index (χ1n) is 11.4. The van der Waals surface area contributed by atoms with E-state index in [1.165, 1.54) is 43.5 Å². The maximum atomic E-state index is 11.2. The van der Waals surface area contributed by atoms with Gasteiger partial charge < -0.3 is 9.59 Å². The van der Waals surface area contributed by atoms with Gasteiger partial charge in [-0.15, -0.1) is 0 Å². The lowest BCUT2D eigenvalue weighted by atomic mass is 9.82. The highest BCUT2D eigenvalue weighted by Crippen LogP contribution is 2.31. The average Bonchev–Trinajstić information content (AvgIpc) is 2.74. The van der Waals surface area contributed by atoms with E-state index in [0.717, 1.165) is 24.0 Å². The van der Waals surface area contributed by atoms with Crippen LogP contribution in [0.1, 0.15) is 56.6 Å². The van der Waals surface area contributed by atoms with E-state index in [2.05, 4.69) is 86.7 Å². The number of likely N-dealkylation sites (tertiary alicyclic amines) is 1. The monoisotopic (exact) mass is 392 g/mol. The smallest absolute Gasteiger partial charge is 0.0977 e. The van der Waals surface area contributed by atoms with Crippen LogP contribution in [0.15, 0.2) is 66.7 Å². The van der Waals surface area contributed by atoms with Crippen molar-refractivity contribution >= 4 is 6.08 Å². The lowest BCUT2D eigenvalue weighted by molar-refractivity contribution is -0.927. The number of benzene rings is 2. The van der Waals surface area contributed by atoms with Gasteiger partial charge in [-0.1, -0.05) is 80.6 Å². The van der Waals surface area contributed by atoms with Crippen molar-refractivity contribution in [1.29, 1.82) is 0 Å². The summed E-state index contributed by atoms with van der Waals surface area (Å²) in [6.45, 7) is 9.08. The highest BCUT2D eigenvalue weighted by molar-refractivity contribution is 5.48. The molecule has 2 aromatic carbocycles. The van der Waals surface area contributed by atoms with E-state index in [9.17, 15) is 5.11 Å². The van der Waals surface area contributed by atoms with E-state index in [1.54, 1.807) is 0 Å². The summed E-state index contributed by atoms with van der Waals surface area (Å²) in [4.78, 5) is 0. The zero-order chi connectivity index (χ0) is 20.5. The molecule has 0 aromatic heterocycles. The molecule has 29 heavy (non-hydrogen) atoms. The molecule has 1 saturated heterocycles. The minimum Gasteiger partial charge on any atom is -0.392 e. The summed E-state index contributed by atoms with van der Waals surface area (Å²) < 4.78 is 1.12. The van der Waals surface area contributed by atoms with E-state index in [1.807, 2.05) is 0 Å². The third-order valence-corrected chi connectivity index (χ3v) is 6.58. The maximum Gasteiger partial charge on any atom is 0.0977 e. The predicted molar refractivity (Wildman–Crippen MR) is 124 cm³/mol. The molecule has 1 fully saturated rings.